The highest BCUT2D eigenvalue weighted by atomic mass is 31.2. The van der Waals surface area contributed by atoms with Crippen molar-refractivity contribution < 1.29 is 23.1 Å². The topological polar surface area (TPSA) is 61.8 Å². The first-order valence-corrected chi connectivity index (χ1v) is 7.31. The summed E-state index contributed by atoms with van der Waals surface area (Å²) in [6.45, 7) is 14.4. The van der Waals surface area contributed by atoms with E-state index in [9.17, 15) is 9.36 Å². The molecular formula is C12H23O5P. The normalized spacial score (nSPS) is 10.3. The van der Waals surface area contributed by atoms with E-state index in [1.54, 1.807) is 27.7 Å². The van der Waals surface area contributed by atoms with Crippen molar-refractivity contribution >= 4 is 13.6 Å². The van der Waals surface area contributed by atoms with Crippen molar-refractivity contribution in [2.75, 3.05) is 13.2 Å². The van der Waals surface area contributed by atoms with E-state index in [0.717, 1.165) is 6.26 Å². The molecule has 0 aromatic rings. The Labute approximate surface area is 109 Å². The van der Waals surface area contributed by atoms with Crippen LogP contribution in [0, 0.1) is 5.92 Å². The van der Waals surface area contributed by atoms with Gasteiger partial charge in [0.2, 0.25) is 0 Å². The van der Waals surface area contributed by atoms with Gasteiger partial charge in [-0.2, -0.15) is 0 Å². The fraction of sp³-hybridized carbons (Fsp3) is 0.583. The largest absolute Gasteiger partial charge is 0.435 e. The lowest BCUT2D eigenvalue weighted by Gasteiger charge is -2.11. The Morgan fingerprint density at radius 3 is 1.83 bits per heavy atom. The molecule has 0 fully saturated rings. The molecule has 0 aliphatic heterocycles. The summed E-state index contributed by atoms with van der Waals surface area (Å²) >= 11 is 0. The van der Waals surface area contributed by atoms with E-state index in [2.05, 4.69) is 17.9 Å². The van der Waals surface area contributed by atoms with Crippen molar-refractivity contribution in [2.45, 2.75) is 27.7 Å². The van der Waals surface area contributed by atoms with Crippen LogP contribution in [0.1, 0.15) is 27.7 Å². The van der Waals surface area contributed by atoms with Crippen molar-refractivity contribution in [1.82, 2.24) is 0 Å². The first-order chi connectivity index (χ1) is 8.36. The van der Waals surface area contributed by atoms with Gasteiger partial charge in [0.15, 0.2) is 0 Å². The number of hydrogen-bond donors (Lipinski definition) is 0. The number of hydrogen-bond acceptors (Lipinski definition) is 5. The van der Waals surface area contributed by atoms with Crippen LogP contribution >= 0.6 is 7.60 Å². The SMILES string of the molecule is C=COC(=O)C(C)C.C=CP(=O)(OCC)OCC. The van der Waals surface area contributed by atoms with Gasteiger partial charge >= 0.3 is 13.6 Å². The third-order valence-corrected chi connectivity index (χ3v) is 3.20. The van der Waals surface area contributed by atoms with Gasteiger partial charge in [0.1, 0.15) is 0 Å². The Bertz CT molecular complexity index is 289. The van der Waals surface area contributed by atoms with E-state index < -0.39 is 7.60 Å². The minimum atomic E-state index is -2.94. The number of rotatable bonds is 7. The van der Waals surface area contributed by atoms with Crippen LogP contribution in [0.15, 0.2) is 25.2 Å². The Balaban J connectivity index is 0. The van der Waals surface area contributed by atoms with Gasteiger partial charge < -0.3 is 13.8 Å². The third-order valence-electron chi connectivity index (χ3n) is 1.51. The van der Waals surface area contributed by atoms with Crippen molar-refractivity contribution in [1.29, 1.82) is 0 Å². The zero-order valence-corrected chi connectivity index (χ0v) is 12.4. The number of ether oxygens (including phenoxy) is 1. The summed E-state index contributed by atoms with van der Waals surface area (Å²) in [5, 5.41) is 0. The standard InChI is InChI=1S/C6H13O3P.C6H10O2/c1-4-8-10(7,6-3)9-5-2;1-4-8-6(7)5(2)3/h6H,3-5H2,1-2H3;4-5H,1H2,2-3H3. The molecular weight excluding hydrogens is 255 g/mol. The minimum absolute atomic E-state index is 0.0620. The van der Waals surface area contributed by atoms with Gasteiger partial charge in [-0.15, -0.1) is 0 Å². The first-order valence-electron chi connectivity index (χ1n) is 5.70. The van der Waals surface area contributed by atoms with E-state index in [1.807, 2.05) is 0 Å². The van der Waals surface area contributed by atoms with E-state index in [0.29, 0.717) is 13.2 Å². The molecule has 0 radical (unpaired) electrons. The number of esters is 1. The second kappa shape index (κ2) is 11.2. The van der Waals surface area contributed by atoms with Crippen LogP contribution in [0.2, 0.25) is 0 Å². The fourth-order valence-corrected chi connectivity index (χ4v) is 1.73. The molecule has 18 heavy (non-hydrogen) atoms. The molecule has 6 heteroatoms. The monoisotopic (exact) mass is 278 g/mol. The number of carbonyl (C=O) groups is 1. The molecule has 0 unspecified atom stereocenters. The average Bonchev–Trinajstić information content (AvgIpc) is 2.31. The molecule has 0 rings (SSSR count). The molecule has 0 aromatic carbocycles. The summed E-state index contributed by atoms with van der Waals surface area (Å²) in [6, 6.07) is 0. The first kappa shape index (κ1) is 19.4. The Hall–Kier alpha value is -0.900. The Kier molecular flexibility index (Phi) is 12.1. The fourth-order valence-electron chi connectivity index (χ4n) is 0.721. The molecule has 106 valence electrons. The van der Waals surface area contributed by atoms with Crippen LogP contribution in [0.5, 0.6) is 0 Å². The van der Waals surface area contributed by atoms with Crippen molar-refractivity contribution in [3.05, 3.63) is 25.2 Å². The molecule has 0 spiro atoms. The molecule has 0 saturated heterocycles. The average molecular weight is 278 g/mol. The lowest BCUT2D eigenvalue weighted by molar-refractivity contribution is -0.141. The quantitative estimate of drug-likeness (QED) is 0.403. The lowest BCUT2D eigenvalue weighted by Crippen LogP contribution is -2.07. The van der Waals surface area contributed by atoms with Gasteiger partial charge in [-0.05, 0) is 13.8 Å². The van der Waals surface area contributed by atoms with Crippen LogP contribution in [0.25, 0.3) is 0 Å². The molecule has 0 atom stereocenters. The maximum atomic E-state index is 11.2. The van der Waals surface area contributed by atoms with Crippen LogP contribution in [-0.4, -0.2) is 19.2 Å². The Morgan fingerprint density at radius 1 is 1.22 bits per heavy atom. The van der Waals surface area contributed by atoms with Gasteiger partial charge in [-0.1, -0.05) is 27.0 Å². The zero-order chi connectivity index (χ0) is 14.6. The molecule has 0 N–H and O–H groups in total. The van der Waals surface area contributed by atoms with Crippen molar-refractivity contribution in [2.24, 2.45) is 5.92 Å². The summed E-state index contributed by atoms with van der Waals surface area (Å²) in [6.07, 6.45) is 1.14. The van der Waals surface area contributed by atoms with E-state index >= 15 is 0 Å². The highest BCUT2D eigenvalue weighted by Gasteiger charge is 2.16. The summed E-state index contributed by atoms with van der Waals surface area (Å²) in [5.74, 6) is 0.924. The van der Waals surface area contributed by atoms with E-state index in [4.69, 9.17) is 9.05 Å². The number of carbonyl (C=O) groups excluding carboxylic acids is 1. The summed E-state index contributed by atoms with van der Waals surface area (Å²) < 4.78 is 25.3. The van der Waals surface area contributed by atoms with Gasteiger partial charge in [0.05, 0.1) is 25.4 Å². The van der Waals surface area contributed by atoms with Crippen LogP contribution in [0.3, 0.4) is 0 Å². The Morgan fingerprint density at radius 2 is 1.67 bits per heavy atom. The second-order valence-electron chi connectivity index (χ2n) is 3.32. The molecule has 5 nitrogen and oxygen atoms in total. The summed E-state index contributed by atoms with van der Waals surface area (Å²) in [4.78, 5) is 10.4. The maximum absolute atomic E-state index is 11.2. The predicted octanol–water partition coefficient (Wildman–Crippen LogP) is 3.73. The van der Waals surface area contributed by atoms with Crippen molar-refractivity contribution in [3.8, 4) is 0 Å². The highest BCUT2D eigenvalue weighted by molar-refractivity contribution is 7.57. The second-order valence-corrected chi connectivity index (χ2v) is 5.28. The predicted molar refractivity (Wildman–Crippen MR) is 72.2 cm³/mol. The van der Waals surface area contributed by atoms with E-state index in [-0.39, 0.29) is 11.9 Å². The smallest absolute Gasteiger partial charge is 0.353 e. The molecule has 0 aromatic heterocycles. The van der Waals surface area contributed by atoms with Crippen molar-refractivity contribution in [3.63, 3.8) is 0 Å². The van der Waals surface area contributed by atoms with E-state index in [1.165, 1.54) is 5.82 Å². The van der Waals surface area contributed by atoms with Crippen LogP contribution in [-0.2, 0) is 23.1 Å². The third kappa shape index (κ3) is 10.3. The van der Waals surface area contributed by atoms with Gasteiger partial charge in [0, 0.05) is 5.82 Å². The molecule has 0 heterocycles. The van der Waals surface area contributed by atoms with Crippen LogP contribution < -0.4 is 0 Å². The summed E-state index contributed by atoms with van der Waals surface area (Å²) in [5.41, 5.74) is 0. The van der Waals surface area contributed by atoms with Crippen LogP contribution in [0.4, 0.5) is 0 Å². The highest BCUT2D eigenvalue weighted by Crippen LogP contribution is 2.48. The molecule has 0 amide bonds. The summed E-state index contributed by atoms with van der Waals surface area (Å²) in [7, 11) is -2.94. The molecule has 0 aliphatic carbocycles. The lowest BCUT2D eigenvalue weighted by atomic mass is 10.2. The van der Waals surface area contributed by atoms with Gasteiger partial charge in [-0.25, -0.2) is 0 Å². The van der Waals surface area contributed by atoms with Gasteiger partial charge in [0.25, 0.3) is 0 Å². The zero-order valence-electron chi connectivity index (χ0n) is 11.5. The molecule has 0 aliphatic rings. The minimum Gasteiger partial charge on any atom is -0.435 e. The van der Waals surface area contributed by atoms with Gasteiger partial charge in [-0.3, -0.25) is 9.36 Å². The molecule has 0 bridgehead atoms. The molecule has 0 saturated carbocycles. The maximum Gasteiger partial charge on any atom is 0.353 e.